The van der Waals surface area contributed by atoms with Crippen molar-refractivity contribution in [2.24, 2.45) is 0 Å². The molecule has 3 rings (SSSR count). The van der Waals surface area contributed by atoms with Gasteiger partial charge in [-0.25, -0.2) is 0 Å². The molecule has 0 aromatic heterocycles. The number of benzene rings is 1. The van der Waals surface area contributed by atoms with Crippen molar-refractivity contribution >= 4 is 15.9 Å². The minimum Gasteiger partial charge on any atom is -0.312 e. The number of likely N-dealkylation sites (tertiary alicyclic amines) is 1. The molecule has 104 valence electrons. The standard InChI is InChI=1S/C16H23BrN2/c17-14-6-3-5-13(11-14)12-19-10-2-1-7-15-16(19)8-4-9-18-15/h3,5-6,11,15-16,18H,1-2,4,7-10,12H2. The van der Waals surface area contributed by atoms with Gasteiger partial charge in [0.25, 0.3) is 0 Å². The van der Waals surface area contributed by atoms with Crippen LogP contribution in [0.4, 0.5) is 0 Å². The first-order valence-electron chi connectivity index (χ1n) is 7.55. The van der Waals surface area contributed by atoms with E-state index in [1.807, 2.05) is 0 Å². The molecule has 1 aromatic carbocycles. The zero-order chi connectivity index (χ0) is 13.1. The number of fused-ring (bicyclic) bond motifs is 1. The van der Waals surface area contributed by atoms with Crippen LogP contribution in [0.25, 0.3) is 0 Å². The summed E-state index contributed by atoms with van der Waals surface area (Å²) in [7, 11) is 0. The van der Waals surface area contributed by atoms with Crippen molar-refractivity contribution < 1.29 is 0 Å². The van der Waals surface area contributed by atoms with E-state index in [1.165, 1.54) is 55.2 Å². The Hall–Kier alpha value is -0.380. The van der Waals surface area contributed by atoms with Crippen LogP contribution in [-0.4, -0.2) is 30.1 Å². The highest BCUT2D eigenvalue weighted by molar-refractivity contribution is 9.10. The summed E-state index contributed by atoms with van der Waals surface area (Å²) in [4.78, 5) is 2.71. The summed E-state index contributed by atoms with van der Waals surface area (Å²) in [6.07, 6.45) is 6.79. The number of nitrogens with one attached hydrogen (secondary N) is 1. The van der Waals surface area contributed by atoms with Crippen LogP contribution < -0.4 is 5.32 Å². The Bertz CT molecular complexity index is 421. The van der Waals surface area contributed by atoms with Gasteiger partial charge in [0.15, 0.2) is 0 Å². The molecule has 2 saturated heterocycles. The SMILES string of the molecule is Brc1cccc(CN2CCCCC3NCCCC32)c1. The van der Waals surface area contributed by atoms with Gasteiger partial charge < -0.3 is 5.32 Å². The molecule has 2 aliphatic rings. The number of halogens is 1. The Kier molecular flexibility index (Phi) is 4.57. The van der Waals surface area contributed by atoms with E-state index in [9.17, 15) is 0 Å². The van der Waals surface area contributed by atoms with Gasteiger partial charge in [-0.1, -0.05) is 34.5 Å². The van der Waals surface area contributed by atoms with Gasteiger partial charge in [0, 0.05) is 23.1 Å². The molecule has 0 amide bonds. The maximum atomic E-state index is 3.74. The highest BCUT2D eigenvalue weighted by Crippen LogP contribution is 2.26. The van der Waals surface area contributed by atoms with E-state index in [0.717, 1.165) is 18.6 Å². The maximum Gasteiger partial charge on any atom is 0.0253 e. The third-order valence-electron chi connectivity index (χ3n) is 4.50. The van der Waals surface area contributed by atoms with Crippen LogP contribution in [0.15, 0.2) is 28.7 Å². The molecule has 0 aliphatic carbocycles. The van der Waals surface area contributed by atoms with Gasteiger partial charge in [-0.3, -0.25) is 4.90 Å². The molecule has 1 aromatic rings. The van der Waals surface area contributed by atoms with Crippen molar-refractivity contribution in [3.63, 3.8) is 0 Å². The Morgan fingerprint density at radius 2 is 2.16 bits per heavy atom. The van der Waals surface area contributed by atoms with Crippen molar-refractivity contribution in [1.29, 1.82) is 0 Å². The van der Waals surface area contributed by atoms with E-state index < -0.39 is 0 Å². The number of nitrogens with zero attached hydrogens (tertiary/aromatic N) is 1. The normalized spacial score (nSPS) is 28.7. The molecule has 0 radical (unpaired) electrons. The zero-order valence-corrected chi connectivity index (χ0v) is 13.0. The first-order chi connectivity index (χ1) is 9.33. The predicted molar refractivity (Wildman–Crippen MR) is 83.2 cm³/mol. The van der Waals surface area contributed by atoms with Gasteiger partial charge in [0.2, 0.25) is 0 Å². The molecule has 2 heterocycles. The Balaban J connectivity index is 1.73. The molecule has 0 spiro atoms. The molecular formula is C16H23BrN2. The molecule has 1 N–H and O–H groups in total. The second kappa shape index (κ2) is 6.38. The van der Waals surface area contributed by atoms with Crippen LogP contribution >= 0.6 is 15.9 Å². The summed E-state index contributed by atoms with van der Waals surface area (Å²) in [6.45, 7) is 3.57. The van der Waals surface area contributed by atoms with Crippen LogP contribution in [0.5, 0.6) is 0 Å². The number of rotatable bonds is 2. The van der Waals surface area contributed by atoms with Gasteiger partial charge in [-0.15, -0.1) is 0 Å². The Labute approximate surface area is 124 Å². The average Bonchev–Trinajstić information content (AvgIpc) is 2.62. The zero-order valence-electron chi connectivity index (χ0n) is 11.4. The Morgan fingerprint density at radius 3 is 3.05 bits per heavy atom. The lowest BCUT2D eigenvalue weighted by Crippen LogP contribution is -2.52. The third kappa shape index (κ3) is 3.39. The van der Waals surface area contributed by atoms with E-state index >= 15 is 0 Å². The third-order valence-corrected chi connectivity index (χ3v) is 5.00. The van der Waals surface area contributed by atoms with Crippen molar-refractivity contribution in [2.75, 3.05) is 13.1 Å². The molecule has 2 fully saturated rings. The fraction of sp³-hybridized carbons (Fsp3) is 0.625. The van der Waals surface area contributed by atoms with Gasteiger partial charge in [-0.2, -0.15) is 0 Å². The molecule has 0 saturated carbocycles. The quantitative estimate of drug-likeness (QED) is 0.895. The lowest BCUT2D eigenvalue weighted by atomic mass is 9.94. The molecular weight excluding hydrogens is 300 g/mol. The van der Waals surface area contributed by atoms with Crippen molar-refractivity contribution in [3.8, 4) is 0 Å². The average molecular weight is 323 g/mol. The van der Waals surface area contributed by atoms with E-state index in [2.05, 4.69) is 50.4 Å². The molecule has 3 heteroatoms. The van der Waals surface area contributed by atoms with Gasteiger partial charge in [0.1, 0.15) is 0 Å². The van der Waals surface area contributed by atoms with E-state index in [1.54, 1.807) is 0 Å². The van der Waals surface area contributed by atoms with Crippen molar-refractivity contribution in [2.45, 2.75) is 50.7 Å². The van der Waals surface area contributed by atoms with E-state index in [4.69, 9.17) is 0 Å². The molecule has 2 aliphatic heterocycles. The predicted octanol–water partition coefficient (Wildman–Crippen LogP) is 3.56. The summed E-state index contributed by atoms with van der Waals surface area (Å²) < 4.78 is 1.19. The van der Waals surface area contributed by atoms with E-state index in [-0.39, 0.29) is 0 Å². The summed E-state index contributed by atoms with van der Waals surface area (Å²) in [5.41, 5.74) is 1.43. The summed E-state index contributed by atoms with van der Waals surface area (Å²) >= 11 is 3.58. The largest absolute Gasteiger partial charge is 0.312 e. The van der Waals surface area contributed by atoms with E-state index in [0.29, 0.717) is 0 Å². The Morgan fingerprint density at radius 1 is 1.21 bits per heavy atom. The minimum atomic E-state index is 0.725. The van der Waals surface area contributed by atoms with Crippen molar-refractivity contribution in [3.05, 3.63) is 34.3 Å². The van der Waals surface area contributed by atoms with Crippen LogP contribution in [0, 0.1) is 0 Å². The molecule has 2 unspecified atom stereocenters. The number of hydrogen-bond acceptors (Lipinski definition) is 2. The fourth-order valence-electron chi connectivity index (χ4n) is 3.58. The first-order valence-corrected chi connectivity index (χ1v) is 8.34. The first kappa shape index (κ1) is 13.6. The molecule has 0 bridgehead atoms. The summed E-state index contributed by atoms with van der Waals surface area (Å²) in [5, 5.41) is 3.74. The summed E-state index contributed by atoms with van der Waals surface area (Å²) in [5.74, 6) is 0. The lowest BCUT2D eigenvalue weighted by Gasteiger charge is -2.39. The molecule has 19 heavy (non-hydrogen) atoms. The molecule has 2 atom stereocenters. The van der Waals surface area contributed by atoms with Gasteiger partial charge in [0.05, 0.1) is 0 Å². The minimum absolute atomic E-state index is 0.725. The second-order valence-electron chi connectivity index (χ2n) is 5.87. The second-order valence-corrected chi connectivity index (χ2v) is 6.78. The van der Waals surface area contributed by atoms with Crippen LogP contribution in [0.2, 0.25) is 0 Å². The van der Waals surface area contributed by atoms with Crippen LogP contribution in [0.1, 0.15) is 37.7 Å². The topological polar surface area (TPSA) is 15.3 Å². The van der Waals surface area contributed by atoms with Crippen molar-refractivity contribution in [1.82, 2.24) is 10.2 Å². The van der Waals surface area contributed by atoms with Crippen LogP contribution in [-0.2, 0) is 6.54 Å². The van der Waals surface area contributed by atoms with Crippen LogP contribution in [0.3, 0.4) is 0 Å². The monoisotopic (exact) mass is 322 g/mol. The molecule has 2 nitrogen and oxygen atoms in total. The summed E-state index contributed by atoms with van der Waals surface area (Å²) in [6, 6.07) is 10.2. The highest BCUT2D eigenvalue weighted by atomic mass is 79.9. The van der Waals surface area contributed by atoms with Gasteiger partial charge in [-0.05, 0) is 56.5 Å². The number of hydrogen-bond donors (Lipinski definition) is 1. The highest BCUT2D eigenvalue weighted by Gasteiger charge is 2.31. The fourth-order valence-corrected chi connectivity index (χ4v) is 4.03. The maximum absolute atomic E-state index is 3.74. The smallest absolute Gasteiger partial charge is 0.0253 e. The number of piperidine rings is 1. The van der Waals surface area contributed by atoms with Gasteiger partial charge >= 0.3 is 0 Å². The lowest BCUT2D eigenvalue weighted by molar-refractivity contribution is 0.132.